The minimum Gasteiger partial charge on any atom is -0.450 e. The number of nitrogens with one attached hydrogen (secondary N) is 2. The van der Waals surface area contributed by atoms with E-state index in [9.17, 15) is 14.4 Å². The van der Waals surface area contributed by atoms with Crippen molar-refractivity contribution >= 4 is 17.9 Å². The Morgan fingerprint density at radius 2 is 1.92 bits per heavy atom. The van der Waals surface area contributed by atoms with Crippen molar-refractivity contribution < 1.29 is 19.1 Å². The molecule has 8 nitrogen and oxygen atoms in total. The highest BCUT2D eigenvalue weighted by molar-refractivity contribution is 5.99. The molecule has 0 atom stereocenters. The first-order valence-corrected chi connectivity index (χ1v) is 8.61. The number of nitrogens with zero attached hydrogens (tertiary/aromatic N) is 2. The van der Waals surface area contributed by atoms with Crippen LogP contribution >= 0.6 is 0 Å². The van der Waals surface area contributed by atoms with Gasteiger partial charge in [-0.1, -0.05) is 6.08 Å². The summed E-state index contributed by atoms with van der Waals surface area (Å²) in [5.41, 5.74) is 0.640. The smallest absolute Gasteiger partial charge is 0.409 e. The molecule has 2 rings (SSSR count). The normalized spacial score (nSPS) is 14.4. The second-order valence-corrected chi connectivity index (χ2v) is 5.89. The monoisotopic (exact) mass is 360 g/mol. The van der Waals surface area contributed by atoms with E-state index in [0.717, 1.165) is 0 Å². The van der Waals surface area contributed by atoms with Gasteiger partial charge >= 0.3 is 6.09 Å². The lowest BCUT2D eigenvalue weighted by molar-refractivity contribution is 0.0859. The van der Waals surface area contributed by atoms with Crippen molar-refractivity contribution in [3.05, 3.63) is 42.2 Å². The van der Waals surface area contributed by atoms with Gasteiger partial charge in [0.1, 0.15) is 0 Å². The number of carbonyl (C=O) groups is 3. The predicted molar refractivity (Wildman–Crippen MR) is 95.9 cm³/mol. The summed E-state index contributed by atoms with van der Waals surface area (Å²) in [6.07, 6.45) is 5.39. The van der Waals surface area contributed by atoms with Crippen LogP contribution in [0.15, 0.2) is 31.1 Å². The number of piperidine rings is 1. The molecule has 2 N–H and O–H groups in total. The molecule has 0 unspecified atom stereocenters. The summed E-state index contributed by atoms with van der Waals surface area (Å²) in [7, 11) is 0. The minimum atomic E-state index is -0.320. The molecule has 3 amide bonds. The van der Waals surface area contributed by atoms with E-state index in [1.165, 1.54) is 18.5 Å². The number of ether oxygens (including phenoxy) is 1. The summed E-state index contributed by atoms with van der Waals surface area (Å²) in [5.74, 6) is -0.597. The zero-order chi connectivity index (χ0) is 18.9. The zero-order valence-corrected chi connectivity index (χ0v) is 14.9. The maximum absolute atomic E-state index is 12.4. The maximum Gasteiger partial charge on any atom is 0.409 e. The maximum atomic E-state index is 12.4. The average molecular weight is 360 g/mol. The van der Waals surface area contributed by atoms with E-state index < -0.39 is 0 Å². The average Bonchev–Trinajstić information content (AvgIpc) is 2.67. The van der Waals surface area contributed by atoms with Crippen molar-refractivity contribution in [3.63, 3.8) is 0 Å². The Labute approximate surface area is 152 Å². The van der Waals surface area contributed by atoms with Crippen LogP contribution in [-0.2, 0) is 4.74 Å². The van der Waals surface area contributed by atoms with Crippen molar-refractivity contribution in [1.82, 2.24) is 20.5 Å². The first-order chi connectivity index (χ1) is 12.5. The van der Waals surface area contributed by atoms with Crippen LogP contribution < -0.4 is 10.6 Å². The first-order valence-electron chi connectivity index (χ1n) is 8.61. The van der Waals surface area contributed by atoms with E-state index in [-0.39, 0.29) is 23.9 Å². The molecule has 1 aromatic rings. The van der Waals surface area contributed by atoms with Gasteiger partial charge in [-0.2, -0.15) is 0 Å². The third-order valence-electron chi connectivity index (χ3n) is 4.03. The van der Waals surface area contributed by atoms with Crippen LogP contribution in [-0.4, -0.2) is 60.1 Å². The lowest BCUT2D eigenvalue weighted by Crippen LogP contribution is -2.46. The van der Waals surface area contributed by atoms with E-state index in [2.05, 4.69) is 22.2 Å². The van der Waals surface area contributed by atoms with E-state index in [4.69, 9.17) is 4.74 Å². The summed E-state index contributed by atoms with van der Waals surface area (Å²) < 4.78 is 4.98. The number of rotatable bonds is 6. The lowest BCUT2D eigenvalue weighted by atomic mass is 10.0. The Bertz CT molecular complexity index is 669. The number of likely N-dealkylation sites (tertiary alicyclic amines) is 1. The number of aromatic nitrogens is 1. The fourth-order valence-corrected chi connectivity index (χ4v) is 2.65. The molecule has 1 aromatic heterocycles. The van der Waals surface area contributed by atoms with Crippen molar-refractivity contribution in [2.75, 3.05) is 26.2 Å². The van der Waals surface area contributed by atoms with Gasteiger partial charge in [0.15, 0.2) is 0 Å². The number of hydrogen-bond donors (Lipinski definition) is 2. The van der Waals surface area contributed by atoms with E-state index in [0.29, 0.717) is 50.2 Å². The summed E-state index contributed by atoms with van der Waals surface area (Å²) >= 11 is 0. The van der Waals surface area contributed by atoms with E-state index >= 15 is 0 Å². The Hall–Kier alpha value is -2.90. The zero-order valence-electron chi connectivity index (χ0n) is 14.9. The second-order valence-electron chi connectivity index (χ2n) is 5.89. The molecule has 0 aliphatic carbocycles. The van der Waals surface area contributed by atoms with Crippen molar-refractivity contribution in [3.8, 4) is 0 Å². The van der Waals surface area contributed by atoms with E-state index in [1.807, 2.05) is 0 Å². The van der Waals surface area contributed by atoms with Gasteiger partial charge in [0.2, 0.25) is 0 Å². The van der Waals surface area contributed by atoms with Gasteiger partial charge < -0.3 is 20.3 Å². The molecule has 0 bridgehead atoms. The van der Waals surface area contributed by atoms with Crippen LogP contribution in [0.4, 0.5) is 4.79 Å². The summed E-state index contributed by atoms with van der Waals surface area (Å²) in [5, 5.41) is 5.57. The number of carbonyl (C=O) groups excluding carboxylic acids is 3. The SMILES string of the molecule is C=CCNC(=O)c1cncc(C(=O)NC2CCN(C(=O)OCC)CC2)c1. The highest BCUT2D eigenvalue weighted by Gasteiger charge is 2.25. The largest absolute Gasteiger partial charge is 0.450 e. The molecule has 26 heavy (non-hydrogen) atoms. The molecule has 1 fully saturated rings. The van der Waals surface area contributed by atoms with Gasteiger partial charge in [-0.15, -0.1) is 6.58 Å². The predicted octanol–water partition coefficient (Wildman–Crippen LogP) is 1.35. The number of amides is 3. The van der Waals surface area contributed by atoms with Crippen molar-refractivity contribution in [2.45, 2.75) is 25.8 Å². The number of pyridine rings is 1. The van der Waals surface area contributed by atoms with Crippen LogP contribution in [0.3, 0.4) is 0 Å². The molecule has 1 aliphatic heterocycles. The second kappa shape index (κ2) is 9.55. The molecule has 0 aromatic carbocycles. The Morgan fingerprint density at radius 1 is 1.27 bits per heavy atom. The number of hydrogen-bond acceptors (Lipinski definition) is 5. The third kappa shape index (κ3) is 5.30. The molecule has 140 valence electrons. The molecule has 0 saturated carbocycles. The molecule has 1 saturated heterocycles. The summed E-state index contributed by atoms with van der Waals surface area (Å²) in [4.78, 5) is 41.6. The van der Waals surface area contributed by atoms with Gasteiger partial charge in [-0.05, 0) is 25.8 Å². The molecule has 1 aliphatic rings. The first kappa shape index (κ1) is 19.4. The van der Waals surface area contributed by atoms with E-state index in [1.54, 1.807) is 17.9 Å². The van der Waals surface area contributed by atoms with Crippen molar-refractivity contribution in [2.24, 2.45) is 0 Å². The highest BCUT2D eigenvalue weighted by Crippen LogP contribution is 2.13. The van der Waals surface area contributed by atoms with Gasteiger partial charge in [0.25, 0.3) is 11.8 Å². The molecule has 0 spiro atoms. The standard InChI is InChI=1S/C18H24N4O4/c1-3-7-20-16(23)13-10-14(12-19-11-13)17(24)21-15-5-8-22(9-6-15)18(25)26-4-2/h3,10-12,15H,1,4-9H2,2H3,(H,20,23)(H,21,24). The van der Waals surface area contributed by atoms with Crippen LogP contribution in [0, 0.1) is 0 Å². The third-order valence-corrected chi connectivity index (χ3v) is 4.03. The van der Waals surface area contributed by atoms with Crippen LogP contribution in [0.2, 0.25) is 0 Å². The van der Waals surface area contributed by atoms with Gasteiger partial charge in [0.05, 0.1) is 17.7 Å². The fraction of sp³-hybridized carbons (Fsp3) is 0.444. The molecule has 0 radical (unpaired) electrons. The molecule has 2 heterocycles. The lowest BCUT2D eigenvalue weighted by Gasteiger charge is -2.31. The highest BCUT2D eigenvalue weighted by atomic mass is 16.6. The van der Waals surface area contributed by atoms with Crippen LogP contribution in [0.25, 0.3) is 0 Å². The molecule has 8 heteroatoms. The van der Waals surface area contributed by atoms with Crippen LogP contribution in [0.5, 0.6) is 0 Å². The fourth-order valence-electron chi connectivity index (χ4n) is 2.65. The summed E-state index contributed by atoms with van der Waals surface area (Å²) in [6.45, 7) is 7.06. The minimum absolute atomic E-state index is 0.0357. The molecular weight excluding hydrogens is 336 g/mol. The summed E-state index contributed by atoms with van der Waals surface area (Å²) in [6, 6.07) is 1.47. The van der Waals surface area contributed by atoms with Gasteiger partial charge in [-0.3, -0.25) is 14.6 Å². The Morgan fingerprint density at radius 3 is 2.54 bits per heavy atom. The topological polar surface area (TPSA) is 101 Å². The quantitative estimate of drug-likeness (QED) is 0.746. The van der Waals surface area contributed by atoms with Crippen molar-refractivity contribution in [1.29, 1.82) is 0 Å². The van der Waals surface area contributed by atoms with Crippen LogP contribution in [0.1, 0.15) is 40.5 Å². The van der Waals surface area contributed by atoms with Gasteiger partial charge in [0, 0.05) is 38.1 Å². The Kier molecular flexibility index (Phi) is 7.13. The Balaban J connectivity index is 1.89. The van der Waals surface area contributed by atoms with Gasteiger partial charge in [-0.25, -0.2) is 4.79 Å². The molecular formula is C18H24N4O4.